The van der Waals surface area contributed by atoms with Crippen LogP contribution in [0.1, 0.15) is 29.0 Å². The van der Waals surface area contributed by atoms with Gasteiger partial charge in [0.1, 0.15) is 5.82 Å². The highest BCUT2D eigenvalue weighted by atomic mass is 32.2. The SMILES string of the molecule is Cc1nccn1CCCN(C)C(=O)c1ccc(N2CCCS2(=O)=O)cc1. The molecule has 3 rings (SSSR count). The van der Waals surface area contributed by atoms with Crippen LogP contribution in [0.2, 0.25) is 0 Å². The average Bonchev–Trinajstić information content (AvgIpc) is 3.19. The molecule has 26 heavy (non-hydrogen) atoms. The van der Waals surface area contributed by atoms with E-state index in [1.54, 1.807) is 42.4 Å². The molecule has 0 unspecified atom stereocenters. The third-order valence-electron chi connectivity index (χ3n) is 4.66. The van der Waals surface area contributed by atoms with Crippen LogP contribution in [0, 0.1) is 6.92 Å². The van der Waals surface area contributed by atoms with E-state index in [1.807, 2.05) is 13.1 Å². The van der Waals surface area contributed by atoms with Crippen molar-refractivity contribution in [3.63, 3.8) is 0 Å². The number of rotatable bonds is 6. The van der Waals surface area contributed by atoms with Crippen molar-refractivity contribution in [1.82, 2.24) is 14.5 Å². The highest BCUT2D eigenvalue weighted by Crippen LogP contribution is 2.24. The van der Waals surface area contributed by atoms with Gasteiger partial charge in [0.15, 0.2) is 0 Å². The average molecular weight is 376 g/mol. The van der Waals surface area contributed by atoms with Crippen LogP contribution in [0.15, 0.2) is 36.7 Å². The Labute approximate surface area is 154 Å². The van der Waals surface area contributed by atoms with Gasteiger partial charge < -0.3 is 9.47 Å². The summed E-state index contributed by atoms with van der Waals surface area (Å²) in [5.41, 5.74) is 1.18. The van der Waals surface area contributed by atoms with E-state index in [4.69, 9.17) is 0 Å². The molecule has 2 aromatic rings. The van der Waals surface area contributed by atoms with Gasteiger partial charge in [-0.05, 0) is 44.0 Å². The standard InChI is InChI=1S/C18H24N4O3S/c1-15-19-9-13-21(15)11-3-10-20(2)18(23)16-5-7-17(8-6-16)22-12-4-14-26(22,24)25/h5-9,13H,3-4,10-12,14H2,1-2H3. The van der Waals surface area contributed by atoms with E-state index in [2.05, 4.69) is 9.55 Å². The molecule has 1 aliphatic rings. The maximum Gasteiger partial charge on any atom is 0.253 e. The highest BCUT2D eigenvalue weighted by molar-refractivity contribution is 7.93. The van der Waals surface area contributed by atoms with Crippen LogP contribution in [0.4, 0.5) is 5.69 Å². The predicted octanol–water partition coefficient (Wildman–Crippen LogP) is 1.89. The van der Waals surface area contributed by atoms with Crippen molar-refractivity contribution in [2.24, 2.45) is 0 Å². The van der Waals surface area contributed by atoms with E-state index in [0.717, 1.165) is 18.8 Å². The number of nitrogens with zero attached hydrogens (tertiary/aromatic N) is 4. The third-order valence-corrected chi connectivity index (χ3v) is 6.53. The molecule has 8 heteroatoms. The smallest absolute Gasteiger partial charge is 0.253 e. The number of benzene rings is 1. The lowest BCUT2D eigenvalue weighted by molar-refractivity contribution is 0.0792. The van der Waals surface area contributed by atoms with E-state index in [0.29, 0.717) is 30.8 Å². The number of carbonyl (C=O) groups excluding carboxylic acids is 1. The minimum absolute atomic E-state index is 0.0665. The van der Waals surface area contributed by atoms with Gasteiger partial charge in [0.25, 0.3) is 5.91 Å². The molecule has 1 aliphatic heterocycles. The van der Waals surface area contributed by atoms with Crippen LogP contribution in [-0.2, 0) is 16.6 Å². The normalized spacial score (nSPS) is 16.0. The van der Waals surface area contributed by atoms with Crippen molar-refractivity contribution in [2.45, 2.75) is 26.3 Å². The molecule has 0 bridgehead atoms. The second kappa shape index (κ2) is 7.49. The Morgan fingerprint density at radius 1 is 1.27 bits per heavy atom. The number of hydrogen-bond acceptors (Lipinski definition) is 4. The van der Waals surface area contributed by atoms with Gasteiger partial charge in [0.05, 0.1) is 11.4 Å². The molecule has 7 nitrogen and oxygen atoms in total. The van der Waals surface area contributed by atoms with Crippen molar-refractivity contribution < 1.29 is 13.2 Å². The largest absolute Gasteiger partial charge is 0.342 e. The summed E-state index contributed by atoms with van der Waals surface area (Å²) in [7, 11) is -1.42. The predicted molar refractivity (Wildman–Crippen MR) is 101 cm³/mol. The van der Waals surface area contributed by atoms with Gasteiger partial charge in [0, 0.05) is 44.6 Å². The summed E-state index contributed by atoms with van der Waals surface area (Å²) < 4.78 is 27.4. The van der Waals surface area contributed by atoms with Crippen molar-refractivity contribution in [3.05, 3.63) is 48.0 Å². The number of sulfonamides is 1. The van der Waals surface area contributed by atoms with E-state index in [9.17, 15) is 13.2 Å². The molecule has 0 spiro atoms. The van der Waals surface area contributed by atoms with Crippen LogP contribution in [0.3, 0.4) is 0 Å². The molecule has 1 saturated heterocycles. The Morgan fingerprint density at radius 3 is 2.58 bits per heavy atom. The Hall–Kier alpha value is -2.35. The van der Waals surface area contributed by atoms with Crippen LogP contribution < -0.4 is 4.31 Å². The number of aryl methyl sites for hydroxylation is 2. The minimum atomic E-state index is -3.20. The van der Waals surface area contributed by atoms with Crippen LogP contribution in [-0.4, -0.2) is 54.7 Å². The van der Waals surface area contributed by atoms with E-state index >= 15 is 0 Å². The lowest BCUT2D eigenvalue weighted by atomic mass is 10.1. The van der Waals surface area contributed by atoms with Crippen LogP contribution in [0.5, 0.6) is 0 Å². The van der Waals surface area contributed by atoms with Gasteiger partial charge in [0.2, 0.25) is 10.0 Å². The summed E-state index contributed by atoms with van der Waals surface area (Å²) in [6.07, 6.45) is 5.18. The van der Waals surface area contributed by atoms with Crippen molar-refractivity contribution in [2.75, 3.05) is 30.2 Å². The van der Waals surface area contributed by atoms with Gasteiger partial charge >= 0.3 is 0 Å². The van der Waals surface area contributed by atoms with Gasteiger partial charge in [-0.3, -0.25) is 9.10 Å². The summed E-state index contributed by atoms with van der Waals surface area (Å²) in [5, 5.41) is 0. The van der Waals surface area contributed by atoms with Crippen LogP contribution >= 0.6 is 0 Å². The Balaban J connectivity index is 1.58. The number of imidazole rings is 1. The first-order valence-electron chi connectivity index (χ1n) is 8.72. The molecule has 0 aliphatic carbocycles. The Morgan fingerprint density at radius 2 is 2.00 bits per heavy atom. The summed E-state index contributed by atoms with van der Waals surface area (Å²) in [5.74, 6) is 1.09. The molecule has 0 radical (unpaired) electrons. The van der Waals surface area contributed by atoms with Crippen LogP contribution in [0.25, 0.3) is 0 Å². The number of anilines is 1. The molecule has 0 atom stereocenters. The van der Waals surface area contributed by atoms with Gasteiger partial charge in [-0.2, -0.15) is 0 Å². The quantitative estimate of drug-likeness (QED) is 0.772. The zero-order valence-corrected chi connectivity index (χ0v) is 15.9. The van der Waals surface area contributed by atoms with E-state index < -0.39 is 10.0 Å². The molecule has 0 saturated carbocycles. The molecule has 1 aromatic carbocycles. The van der Waals surface area contributed by atoms with Crippen molar-refractivity contribution in [1.29, 1.82) is 0 Å². The summed E-state index contributed by atoms with van der Waals surface area (Å²) >= 11 is 0. The first kappa shape index (κ1) is 18.4. The van der Waals surface area contributed by atoms with Gasteiger partial charge in [-0.15, -0.1) is 0 Å². The summed E-state index contributed by atoms with van der Waals surface area (Å²) in [6, 6.07) is 6.81. The topological polar surface area (TPSA) is 75.5 Å². The molecule has 2 heterocycles. The fourth-order valence-electron chi connectivity index (χ4n) is 3.14. The molecule has 0 N–H and O–H groups in total. The van der Waals surface area contributed by atoms with Crippen molar-refractivity contribution >= 4 is 21.6 Å². The lowest BCUT2D eigenvalue weighted by Gasteiger charge is -2.19. The number of amides is 1. The fraction of sp³-hybridized carbons (Fsp3) is 0.444. The lowest BCUT2D eigenvalue weighted by Crippen LogP contribution is -2.29. The highest BCUT2D eigenvalue weighted by Gasteiger charge is 2.28. The molecule has 1 amide bonds. The second-order valence-corrected chi connectivity index (χ2v) is 8.55. The fourth-order valence-corrected chi connectivity index (χ4v) is 4.70. The third kappa shape index (κ3) is 3.90. The Bertz CT molecular complexity index is 874. The first-order valence-corrected chi connectivity index (χ1v) is 10.3. The second-order valence-electron chi connectivity index (χ2n) is 6.54. The Kier molecular flexibility index (Phi) is 5.31. The van der Waals surface area contributed by atoms with E-state index in [-0.39, 0.29) is 11.7 Å². The molecular formula is C18H24N4O3S. The summed E-state index contributed by atoms with van der Waals surface area (Å²) in [6.45, 7) is 3.91. The first-order chi connectivity index (χ1) is 12.4. The number of aromatic nitrogens is 2. The molecule has 1 aromatic heterocycles. The molecule has 1 fully saturated rings. The number of hydrogen-bond donors (Lipinski definition) is 0. The maximum absolute atomic E-state index is 12.5. The maximum atomic E-state index is 12.5. The van der Waals surface area contributed by atoms with E-state index in [1.165, 1.54) is 4.31 Å². The number of carbonyl (C=O) groups is 1. The summed E-state index contributed by atoms with van der Waals surface area (Å²) in [4.78, 5) is 18.4. The minimum Gasteiger partial charge on any atom is -0.342 e. The molecule has 140 valence electrons. The van der Waals surface area contributed by atoms with Gasteiger partial charge in [-0.25, -0.2) is 13.4 Å². The zero-order valence-electron chi connectivity index (χ0n) is 15.1. The molecular weight excluding hydrogens is 352 g/mol. The van der Waals surface area contributed by atoms with Crippen molar-refractivity contribution in [3.8, 4) is 0 Å². The monoisotopic (exact) mass is 376 g/mol. The zero-order chi connectivity index (χ0) is 18.7. The van der Waals surface area contributed by atoms with Gasteiger partial charge in [-0.1, -0.05) is 0 Å².